The Kier molecular flexibility index (Phi) is 40.7. The van der Waals surface area contributed by atoms with E-state index in [0.29, 0.717) is 24.2 Å². The summed E-state index contributed by atoms with van der Waals surface area (Å²) in [4.78, 5) is 15.5. The fourth-order valence-corrected chi connectivity index (χ4v) is 1.99. The van der Waals surface area contributed by atoms with Crippen LogP contribution in [-0.4, -0.2) is 50.1 Å². The second-order valence-corrected chi connectivity index (χ2v) is 7.08. The first-order valence-corrected chi connectivity index (χ1v) is 10.5. The Balaban J connectivity index is -0.000000109. The van der Waals surface area contributed by atoms with Crippen molar-refractivity contribution >= 4 is 13.6 Å². The number of carbonyl (C=O) groups excluding carboxylic acids is 2. The molecule has 0 spiro atoms. The first-order chi connectivity index (χ1) is 13.2. The molecule has 29 heavy (non-hydrogen) atoms. The van der Waals surface area contributed by atoms with Gasteiger partial charge in [-0.05, 0) is 0 Å². The molecule has 0 rings (SSSR count). The van der Waals surface area contributed by atoms with Crippen LogP contribution in [0.4, 0.5) is 0 Å². The van der Waals surface area contributed by atoms with Crippen molar-refractivity contribution in [3.05, 3.63) is 21.3 Å². The molecule has 0 aromatic rings. The van der Waals surface area contributed by atoms with Gasteiger partial charge in [0.25, 0.3) is 0 Å². The third-order valence-electron chi connectivity index (χ3n) is 3.71. The molecule has 6 nitrogen and oxygen atoms in total. The van der Waals surface area contributed by atoms with Gasteiger partial charge in [0.05, 0.1) is 0 Å². The zero-order valence-corrected chi connectivity index (χ0v) is 22.1. The summed E-state index contributed by atoms with van der Waals surface area (Å²) in [7, 11) is 0. The minimum absolute atomic E-state index is 0. The van der Waals surface area contributed by atoms with Crippen molar-refractivity contribution < 1.29 is 29.1 Å². The quantitative estimate of drug-likeness (QED) is 0.168. The van der Waals surface area contributed by atoms with Gasteiger partial charge in [-0.2, -0.15) is 0 Å². The van der Waals surface area contributed by atoms with Crippen LogP contribution >= 0.6 is 0 Å². The van der Waals surface area contributed by atoms with Gasteiger partial charge in [0.15, 0.2) is 0 Å². The predicted molar refractivity (Wildman–Crippen MR) is 125 cm³/mol. The number of hydrogen-bond donors (Lipinski definition) is 0. The second kappa shape index (κ2) is 30.0. The predicted octanol–water partition coefficient (Wildman–Crippen LogP) is 6.80. The molecule has 0 heterocycles. The van der Waals surface area contributed by atoms with E-state index in [1.54, 1.807) is 0 Å². The van der Waals surface area contributed by atoms with E-state index in [1.807, 2.05) is 0 Å². The summed E-state index contributed by atoms with van der Waals surface area (Å²) in [6.45, 7) is 27.8. The van der Waals surface area contributed by atoms with Crippen molar-refractivity contribution in [1.82, 2.24) is 0 Å². The van der Waals surface area contributed by atoms with Crippen molar-refractivity contribution in [3.63, 3.8) is 0 Å². The van der Waals surface area contributed by atoms with Gasteiger partial charge in [-0.1, -0.05) is 94.9 Å². The fraction of sp³-hybridized carbons (Fsp3) is 0.909. The first-order valence-electron chi connectivity index (χ1n) is 10.5. The van der Waals surface area contributed by atoms with Crippen LogP contribution in [-0.2, 0) is 29.1 Å². The Labute approximate surface area is 195 Å². The van der Waals surface area contributed by atoms with Crippen LogP contribution in [0.3, 0.4) is 0 Å². The zero-order valence-electron chi connectivity index (χ0n) is 20.4. The van der Waals surface area contributed by atoms with Gasteiger partial charge >= 0.3 is 19.5 Å². The topological polar surface area (TPSA) is 90.5 Å². The summed E-state index contributed by atoms with van der Waals surface area (Å²) in [5.74, 6) is 0. The van der Waals surface area contributed by atoms with Gasteiger partial charge in [0, 0.05) is 0 Å². The maximum Gasteiger partial charge on any atom is 6.00 e. The monoisotopic (exact) mass is 500 g/mol. The molecule has 0 bridgehead atoms. The van der Waals surface area contributed by atoms with E-state index >= 15 is 0 Å². The normalized spacial score (nSPS) is 13.9. The maximum atomic E-state index is 7.75. The van der Waals surface area contributed by atoms with Crippen LogP contribution in [0.15, 0.2) is 0 Å². The minimum atomic E-state index is 0. The van der Waals surface area contributed by atoms with Crippen LogP contribution in [0.1, 0.15) is 94.9 Å². The van der Waals surface area contributed by atoms with Crippen LogP contribution in [0.2, 0.25) is 0 Å². The van der Waals surface area contributed by atoms with Gasteiger partial charge in [0.1, 0.15) is 0 Å². The third-order valence-corrected chi connectivity index (χ3v) is 3.71. The average molecular weight is 500 g/mol. The van der Waals surface area contributed by atoms with Crippen molar-refractivity contribution in [1.29, 1.82) is 0 Å². The van der Waals surface area contributed by atoms with Crippen molar-refractivity contribution in [3.8, 4) is 0 Å². The van der Waals surface area contributed by atoms with Crippen LogP contribution in [0, 0.1) is 0 Å². The molecule has 0 aromatic carbocycles. The third kappa shape index (κ3) is 32.7. The molecule has 4 atom stereocenters. The molecular weight excluding hydrogens is 453 g/mol. The molecular formula is C22H46N4O2Ru. The fourth-order valence-electron chi connectivity index (χ4n) is 1.99. The molecule has 0 aliphatic carbocycles. The van der Waals surface area contributed by atoms with Gasteiger partial charge in [-0.15, -0.1) is 24.2 Å². The Morgan fingerprint density at radius 2 is 0.759 bits per heavy atom. The van der Waals surface area contributed by atoms with Gasteiger partial charge in [0.2, 0.25) is 0 Å². The smallest absolute Gasteiger partial charge is 0.676 e. The minimum Gasteiger partial charge on any atom is -0.676 e. The number of rotatable bonds is 12. The molecule has 174 valence electrons. The van der Waals surface area contributed by atoms with E-state index < -0.39 is 0 Å². The summed E-state index contributed by atoms with van der Waals surface area (Å²) >= 11 is 0. The molecule has 0 saturated carbocycles. The van der Waals surface area contributed by atoms with E-state index in [0.717, 1.165) is 25.7 Å². The molecule has 0 amide bonds. The standard InChI is InChI=1S/2C10H22N2.2CHO.Ru/c2*1-6-9(5)12-10(7-2)11-8(3)4;2*1-2;/h2*8-10H,6-7H2,1-5H3;2*1H;/q2*-2;2*-1;+6. The van der Waals surface area contributed by atoms with E-state index in [-0.39, 0.29) is 31.8 Å². The SMILES string of the molecule is CCC(C)[N-]C(CC)[N-]C(C)C.CCC(C)[N-]C(CC)[N-]C(C)C.[CH-]=O.[CH-]=O.[Ru+6]. The molecule has 0 saturated heterocycles. The molecule has 0 aliphatic heterocycles. The molecule has 4 unspecified atom stereocenters. The molecule has 0 aliphatic rings. The van der Waals surface area contributed by atoms with Crippen LogP contribution < -0.4 is 0 Å². The summed E-state index contributed by atoms with van der Waals surface area (Å²) in [5, 5.41) is 18.2. The molecule has 0 N–H and O–H groups in total. The van der Waals surface area contributed by atoms with Crippen LogP contribution in [0.5, 0.6) is 0 Å². The summed E-state index contributed by atoms with van der Waals surface area (Å²) in [6, 6.07) is 1.72. The number of hydrogen-bond acceptors (Lipinski definition) is 2. The van der Waals surface area contributed by atoms with E-state index in [4.69, 9.17) is 9.59 Å². The number of nitrogens with zero attached hydrogens (tertiary/aromatic N) is 4. The van der Waals surface area contributed by atoms with Gasteiger partial charge < -0.3 is 30.9 Å². The Morgan fingerprint density at radius 1 is 0.517 bits per heavy atom. The molecule has 0 radical (unpaired) electrons. The second-order valence-electron chi connectivity index (χ2n) is 7.08. The Hall–Kier alpha value is -0.197. The van der Waals surface area contributed by atoms with E-state index in [9.17, 15) is 0 Å². The molecule has 0 aromatic heterocycles. The average Bonchev–Trinajstić information content (AvgIpc) is 2.69. The molecule has 0 fully saturated rings. The van der Waals surface area contributed by atoms with E-state index in [1.165, 1.54) is 0 Å². The zero-order chi connectivity index (χ0) is 23.1. The van der Waals surface area contributed by atoms with Gasteiger partial charge in [-0.25, -0.2) is 12.3 Å². The first kappa shape index (κ1) is 39.3. The largest absolute Gasteiger partial charge is 6.00 e. The van der Waals surface area contributed by atoms with Gasteiger partial charge in [-0.3, -0.25) is 13.6 Å². The summed E-state index contributed by atoms with van der Waals surface area (Å²) in [5.41, 5.74) is 0. The molecule has 7 heteroatoms. The Bertz CT molecular complexity index is 270. The van der Waals surface area contributed by atoms with Crippen molar-refractivity contribution in [2.75, 3.05) is 0 Å². The van der Waals surface area contributed by atoms with Crippen LogP contribution in [0.25, 0.3) is 21.3 Å². The van der Waals surface area contributed by atoms with Crippen molar-refractivity contribution in [2.45, 2.75) is 131 Å². The van der Waals surface area contributed by atoms with E-state index in [2.05, 4.69) is 104 Å². The van der Waals surface area contributed by atoms with Crippen molar-refractivity contribution in [2.24, 2.45) is 0 Å². The maximum absolute atomic E-state index is 7.75. The summed E-state index contributed by atoms with van der Waals surface area (Å²) in [6.07, 6.45) is 4.74. The summed E-state index contributed by atoms with van der Waals surface area (Å²) < 4.78 is 0. The Morgan fingerprint density at radius 3 is 0.897 bits per heavy atom.